The highest BCUT2D eigenvalue weighted by molar-refractivity contribution is 6.31. The van der Waals surface area contributed by atoms with Crippen molar-refractivity contribution >= 4 is 47.5 Å². The molecule has 0 aliphatic carbocycles. The number of hydrogen-bond acceptors (Lipinski definition) is 8. The largest absolute Gasteiger partial charge is 0.364 e. The van der Waals surface area contributed by atoms with E-state index in [1.165, 1.54) is 20.2 Å². The first-order valence-electron chi connectivity index (χ1n) is 14.1. The fourth-order valence-corrected chi connectivity index (χ4v) is 6.45. The highest BCUT2D eigenvalue weighted by atomic mass is 16.2. The second kappa shape index (κ2) is 10.7. The minimum absolute atomic E-state index is 0.0656. The topological polar surface area (TPSA) is 131 Å². The van der Waals surface area contributed by atoms with E-state index >= 15 is 0 Å². The predicted octanol–water partition coefficient (Wildman–Crippen LogP) is 1.44. The molecule has 0 unspecified atom stereocenters. The molecule has 3 fully saturated rings. The van der Waals surface area contributed by atoms with E-state index in [0.717, 1.165) is 46.2 Å². The Morgan fingerprint density at radius 1 is 0.951 bits per heavy atom. The van der Waals surface area contributed by atoms with Crippen LogP contribution in [-0.4, -0.2) is 109 Å². The van der Waals surface area contributed by atoms with Crippen LogP contribution in [0.4, 0.5) is 15.3 Å². The Kier molecular flexibility index (Phi) is 7.45. The second-order valence-corrected chi connectivity index (χ2v) is 11.4. The molecule has 8 amide bonds. The molecule has 0 bridgehead atoms. The molecule has 1 aromatic rings. The lowest BCUT2D eigenvalue weighted by Crippen LogP contribution is -2.74. The quantitative estimate of drug-likeness (QED) is 0.238. The molecule has 4 aliphatic heterocycles. The zero-order chi connectivity index (χ0) is 29.6. The van der Waals surface area contributed by atoms with Crippen LogP contribution in [0.5, 0.6) is 0 Å². The number of fused-ring (bicyclic) bond motifs is 4. The number of barbiturate groups is 2. The second-order valence-electron chi connectivity index (χ2n) is 11.4. The third-order valence-electron chi connectivity index (χ3n) is 8.71. The third kappa shape index (κ3) is 4.59. The van der Waals surface area contributed by atoms with Gasteiger partial charge in [-0.3, -0.25) is 39.2 Å². The van der Waals surface area contributed by atoms with Crippen LogP contribution in [0.1, 0.15) is 43.7 Å². The SMILES string of the molecule is CCCCCCN1C(=O)NC(=O)/C(=C\c2ccc3c(c2)CC2(C(=O)N(C)C(=O)N(C)C2=O)[C@@H]2CN(C)CCN32)C1=O. The molecule has 4 aliphatic rings. The fourth-order valence-electron chi connectivity index (χ4n) is 6.45. The van der Waals surface area contributed by atoms with Gasteiger partial charge in [-0.2, -0.15) is 0 Å². The number of hydrogen-bond donors (Lipinski definition) is 1. The number of imide groups is 4. The molecule has 1 spiro atoms. The van der Waals surface area contributed by atoms with E-state index < -0.39 is 47.1 Å². The standard InChI is InChI=1S/C29H36N6O6/c1-5-6-7-8-11-35-24(37)20(23(36)30-27(35)40)15-18-9-10-21-19(14-18)16-29(22-17-31(2)12-13-34(21)22)25(38)32(3)28(41)33(4)26(29)39/h9-10,14-15,22H,5-8,11-13,16-17H2,1-4H3,(H,30,36,40)/b20-15+/t22-/m0/s1. The van der Waals surface area contributed by atoms with Crippen molar-refractivity contribution in [3.8, 4) is 0 Å². The molecule has 41 heavy (non-hydrogen) atoms. The fraction of sp³-hybridized carbons (Fsp3) is 0.517. The molecule has 12 nitrogen and oxygen atoms in total. The summed E-state index contributed by atoms with van der Waals surface area (Å²) in [7, 11) is 4.73. The Labute approximate surface area is 238 Å². The van der Waals surface area contributed by atoms with Crippen molar-refractivity contribution < 1.29 is 28.8 Å². The van der Waals surface area contributed by atoms with Gasteiger partial charge >= 0.3 is 12.1 Å². The lowest BCUT2D eigenvalue weighted by molar-refractivity contribution is -0.160. The molecule has 4 heterocycles. The number of urea groups is 2. The smallest absolute Gasteiger partial charge is 0.332 e. The van der Waals surface area contributed by atoms with Crippen LogP contribution in [0.15, 0.2) is 23.8 Å². The molecular weight excluding hydrogens is 528 g/mol. The van der Waals surface area contributed by atoms with Gasteiger partial charge in [0.2, 0.25) is 11.8 Å². The molecule has 12 heteroatoms. The van der Waals surface area contributed by atoms with Gasteiger partial charge in [-0.15, -0.1) is 0 Å². The summed E-state index contributed by atoms with van der Waals surface area (Å²) in [4.78, 5) is 85.7. The van der Waals surface area contributed by atoms with Gasteiger partial charge in [-0.1, -0.05) is 32.3 Å². The molecule has 5 rings (SSSR count). The molecule has 0 aromatic heterocycles. The predicted molar refractivity (Wildman–Crippen MR) is 150 cm³/mol. The minimum atomic E-state index is -1.51. The normalized spacial score (nSPS) is 23.9. The molecule has 3 saturated heterocycles. The van der Waals surface area contributed by atoms with E-state index in [1.807, 2.05) is 13.1 Å². The van der Waals surface area contributed by atoms with E-state index in [4.69, 9.17) is 0 Å². The average Bonchev–Trinajstić information content (AvgIpc) is 2.95. The van der Waals surface area contributed by atoms with Gasteiger partial charge < -0.3 is 9.80 Å². The highest BCUT2D eigenvalue weighted by Gasteiger charge is 2.63. The number of anilines is 1. The van der Waals surface area contributed by atoms with Gasteiger partial charge in [0.05, 0.1) is 6.04 Å². The lowest BCUT2D eigenvalue weighted by Gasteiger charge is -2.55. The van der Waals surface area contributed by atoms with E-state index in [0.29, 0.717) is 30.6 Å². The molecule has 1 aromatic carbocycles. The van der Waals surface area contributed by atoms with Crippen LogP contribution in [0.2, 0.25) is 0 Å². The number of nitrogens with zero attached hydrogens (tertiary/aromatic N) is 5. The number of benzene rings is 1. The minimum Gasteiger partial charge on any atom is -0.364 e. The maximum atomic E-state index is 13.8. The van der Waals surface area contributed by atoms with Gasteiger partial charge in [0.25, 0.3) is 11.8 Å². The Morgan fingerprint density at radius 3 is 2.34 bits per heavy atom. The van der Waals surface area contributed by atoms with Crippen molar-refractivity contribution in [1.82, 2.24) is 24.9 Å². The van der Waals surface area contributed by atoms with Crippen molar-refractivity contribution in [1.29, 1.82) is 0 Å². The lowest BCUT2D eigenvalue weighted by atomic mass is 9.67. The van der Waals surface area contributed by atoms with Gasteiger partial charge in [0.15, 0.2) is 5.41 Å². The van der Waals surface area contributed by atoms with Crippen molar-refractivity contribution in [2.75, 3.05) is 52.2 Å². The summed E-state index contributed by atoms with van der Waals surface area (Å²) in [5.41, 5.74) is 0.432. The number of nitrogens with one attached hydrogen (secondary N) is 1. The number of unbranched alkanes of at least 4 members (excludes halogenated alkanes) is 3. The van der Waals surface area contributed by atoms with Crippen molar-refractivity contribution in [3.05, 3.63) is 34.9 Å². The molecule has 218 valence electrons. The number of carbonyl (C=O) groups excluding carboxylic acids is 6. The molecular formula is C29H36N6O6. The van der Waals surface area contributed by atoms with E-state index in [9.17, 15) is 28.8 Å². The summed E-state index contributed by atoms with van der Waals surface area (Å²) >= 11 is 0. The van der Waals surface area contributed by atoms with Gasteiger partial charge in [-0.05, 0) is 49.2 Å². The van der Waals surface area contributed by atoms with Gasteiger partial charge in [0, 0.05) is 46.0 Å². The molecule has 1 atom stereocenters. The number of carbonyl (C=O) groups is 6. The zero-order valence-corrected chi connectivity index (χ0v) is 23.9. The van der Waals surface area contributed by atoms with Crippen LogP contribution in [0.25, 0.3) is 6.08 Å². The summed E-state index contributed by atoms with van der Waals surface area (Å²) in [6, 6.07) is 3.57. The van der Waals surface area contributed by atoms with Crippen LogP contribution in [-0.2, 0) is 25.6 Å². The first kappa shape index (κ1) is 28.5. The van der Waals surface area contributed by atoms with Crippen LogP contribution >= 0.6 is 0 Å². The zero-order valence-electron chi connectivity index (χ0n) is 23.9. The highest BCUT2D eigenvalue weighted by Crippen LogP contribution is 2.47. The van der Waals surface area contributed by atoms with Crippen LogP contribution in [0, 0.1) is 5.41 Å². The van der Waals surface area contributed by atoms with E-state index in [2.05, 4.69) is 22.0 Å². The number of likely N-dealkylation sites (N-methyl/N-ethyl adjacent to an activating group) is 1. The van der Waals surface area contributed by atoms with E-state index in [1.54, 1.807) is 12.1 Å². The number of rotatable bonds is 6. The maximum Gasteiger partial charge on any atom is 0.332 e. The molecule has 0 saturated carbocycles. The molecule has 0 radical (unpaired) electrons. The Balaban J connectivity index is 1.52. The van der Waals surface area contributed by atoms with E-state index in [-0.39, 0.29) is 18.5 Å². The summed E-state index contributed by atoms with van der Waals surface area (Å²) in [6.07, 6.45) is 5.02. The summed E-state index contributed by atoms with van der Waals surface area (Å²) in [5.74, 6) is -2.49. The third-order valence-corrected chi connectivity index (χ3v) is 8.71. The monoisotopic (exact) mass is 564 g/mol. The maximum absolute atomic E-state index is 13.8. The Bertz CT molecular complexity index is 1350. The van der Waals surface area contributed by atoms with Crippen LogP contribution in [0.3, 0.4) is 0 Å². The van der Waals surface area contributed by atoms with Crippen molar-refractivity contribution in [2.24, 2.45) is 5.41 Å². The van der Waals surface area contributed by atoms with Crippen molar-refractivity contribution in [3.63, 3.8) is 0 Å². The van der Waals surface area contributed by atoms with Crippen LogP contribution < -0.4 is 10.2 Å². The number of piperazine rings is 1. The summed E-state index contributed by atoms with van der Waals surface area (Å²) < 4.78 is 0. The Hall–Kier alpha value is -4.06. The Morgan fingerprint density at radius 2 is 1.66 bits per heavy atom. The van der Waals surface area contributed by atoms with Gasteiger partial charge in [0.1, 0.15) is 5.57 Å². The first-order valence-corrected chi connectivity index (χ1v) is 14.1. The van der Waals surface area contributed by atoms with Crippen molar-refractivity contribution in [2.45, 2.75) is 45.1 Å². The first-order chi connectivity index (χ1) is 19.5. The van der Waals surface area contributed by atoms with Gasteiger partial charge in [-0.25, -0.2) is 9.59 Å². The summed E-state index contributed by atoms with van der Waals surface area (Å²) in [5, 5.41) is 2.26. The summed E-state index contributed by atoms with van der Waals surface area (Å²) in [6.45, 7) is 4.06. The average molecular weight is 565 g/mol. The molecule has 1 N–H and O–H groups in total. The number of amides is 8.